The predicted molar refractivity (Wildman–Crippen MR) is 181 cm³/mol. The molecule has 262 valence electrons. The zero-order valence-electron chi connectivity index (χ0n) is 29.3. The van der Waals surface area contributed by atoms with Gasteiger partial charge in [0.05, 0.1) is 18.5 Å². The van der Waals surface area contributed by atoms with E-state index >= 15 is 0 Å². The highest BCUT2D eigenvalue weighted by molar-refractivity contribution is 6.02. The Bertz CT molecular complexity index is 1340. The lowest BCUT2D eigenvalue weighted by Gasteiger charge is -2.27. The Morgan fingerprint density at radius 2 is 1.17 bits per heavy atom. The third kappa shape index (κ3) is 14.5. The second-order valence-electron chi connectivity index (χ2n) is 14.2. The van der Waals surface area contributed by atoms with Gasteiger partial charge in [0.2, 0.25) is 17.7 Å². The van der Waals surface area contributed by atoms with E-state index in [-0.39, 0.29) is 25.2 Å². The molecule has 2 rings (SSSR count). The summed E-state index contributed by atoms with van der Waals surface area (Å²) in [6, 6.07) is 15.6. The van der Waals surface area contributed by atoms with Crippen LogP contribution >= 0.6 is 0 Å². The third-order valence-corrected chi connectivity index (χ3v) is 6.88. The fraction of sp³-hybridized carbons (Fsp3) is 0.514. The summed E-state index contributed by atoms with van der Waals surface area (Å²) in [4.78, 5) is 77.9. The van der Waals surface area contributed by atoms with Crippen LogP contribution in [0.5, 0.6) is 0 Å². The fourth-order valence-electron chi connectivity index (χ4n) is 4.87. The molecular formula is C37H51N3O8. The predicted octanol–water partition coefficient (Wildman–Crippen LogP) is 4.58. The van der Waals surface area contributed by atoms with Crippen molar-refractivity contribution in [2.24, 2.45) is 11.8 Å². The number of ether oxygens (including phenoxy) is 2. The Kier molecular flexibility index (Phi) is 15.0. The van der Waals surface area contributed by atoms with Gasteiger partial charge < -0.3 is 30.2 Å². The monoisotopic (exact) mass is 665 g/mol. The molecule has 0 fully saturated rings. The Hall–Kier alpha value is -4.54. The molecule has 2 aromatic rings. The minimum atomic E-state index is -1.30. The standard InChI is InChI=1S/C37H51N3O8/c1-24(2)21-28(33(44)38-27(23-41)22-31(43)48-37(6,7)8)34(45)39-29(19-20-30(42)47-36(3,4)5)35(46)40-32(25-15-11-9-12-16-25)26-17-13-10-14-18-26/h9-18,23-24,27-29,32H,19-22H2,1-8H3,(H,38,44)(H,39,45)(H,40,46). The van der Waals surface area contributed by atoms with Gasteiger partial charge in [-0.2, -0.15) is 0 Å². The van der Waals surface area contributed by atoms with Gasteiger partial charge in [0.1, 0.15) is 29.4 Å². The van der Waals surface area contributed by atoms with Crippen molar-refractivity contribution in [1.82, 2.24) is 16.0 Å². The number of benzene rings is 2. The number of nitrogens with one attached hydrogen (secondary N) is 3. The topological polar surface area (TPSA) is 157 Å². The van der Waals surface area contributed by atoms with Crippen LogP contribution in [0.25, 0.3) is 0 Å². The smallest absolute Gasteiger partial charge is 0.308 e. The van der Waals surface area contributed by atoms with Crippen LogP contribution < -0.4 is 16.0 Å². The van der Waals surface area contributed by atoms with Crippen LogP contribution in [-0.4, -0.2) is 59.2 Å². The first-order valence-electron chi connectivity index (χ1n) is 16.3. The summed E-state index contributed by atoms with van der Waals surface area (Å²) in [6.07, 6.45) is -0.192. The van der Waals surface area contributed by atoms with E-state index in [2.05, 4.69) is 16.0 Å². The number of carbonyl (C=O) groups is 6. The summed E-state index contributed by atoms with van der Waals surface area (Å²) in [6.45, 7) is 13.9. The number of esters is 2. The average Bonchev–Trinajstić information content (AvgIpc) is 2.99. The van der Waals surface area contributed by atoms with Crippen molar-refractivity contribution in [2.75, 3.05) is 0 Å². The van der Waals surface area contributed by atoms with Gasteiger partial charge in [0.25, 0.3) is 0 Å². The second-order valence-corrected chi connectivity index (χ2v) is 14.2. The Morgan fingerprint density at radius 3 is 1.62 bits per heavy atom. The second kappa shape index (κ2) is 18.1. The van der Waals surface area contributed by atoms with E-state index in [1.54, 1.807) is 41.5 Å². The molecule has 3 atom stereocenters. The lowest BCUT2D eigenvalue weighted by Crippen LogP contribution is -2.53. The molecule has 2 aromatic carbocycles. The lowest BCUT2D eigenvalue weighted by molar-refractivity contribution is -0.157. The number of rotatable bonds is 16. The molecule has 11 heteroatoms. The summed E-state index contributed by atoms with van der Waals surface area (Å²) in [5.74, 6) is -4.77. The van der Waals surface area contributed by atoms with Gasteiger partial charge in [-0.1, -0.05) is 74.5 Å². The third-order valence-electron chi connectivity index (χ3n) is 6.88. The van der Waals surface area contributed by atoms with E-state index in [1.165, 1.54) is 0 Å². The number of hydrogen-bond acceptors (Lipinski definition) is 8. The van der Waals surface area contributed by atoms with Crippen LogP contribution in [0, 0.1) is 11.8 Å². The lowest BCUT2D eigenvalue weighted by atomic mass is 9.94. The van der Waals surface area contributed by atoms with Gasteiger partial charge in [-0.3, -0.25) is 24.0 Å². The number of amides is 3. The van der Waals surface area contributed by atoms with Crippen LogP contribution in [0.1, 0.15) is 98.2 Å². The van der Waals surface area contributed by atoms with E-state index in [0.717, 1.165) is 11.1 Å². The van der Waals surface area contributed by atoms with Crippen molar-refractivity contribution in [3.8, 4) is 0 Å². The van der Waals surface area contributed by atoms with Crippen molar-refractivity contribution in [3.63, 3.8) is 0 Å². The molecule has 0 bridgehead atoms. The fourth-order valence-corrected chi connectivity index (χ4v) is 4.87. The largest absolute Gasteiger partial charge is 0.460 e. The Balaban J connectivity index is 2.35. The molecule has 11 nitrogen and oxygen atoms in total. The maximum absolute atomic E-state index is 13.9. The van der Waals surface area contributed by atoms with Gasteiger partial charge in [0.15, 0.2) is 0 Å². The highest BCUT2D eigenvalue weighted by Crippen LogP contribution is 2.23. The van der Waals surface area contributed by atoms with E-state index in [9.17, 15) is 28.8 Å². The molecular weight excluding hydrogens is 614 g/mol. The molecule has 0 aliphatic rings. The number of carbonyl (C=O) groups excluding carboxylic acids is 6. The molecule has 0 radical (unpaired) electrons. The van der Waals surface area contributed by atoms with E-state index < -0.39 is 71.3 Å². The van der Waals surface area contributed by atoms with Crippen LogP contribution in [0.15, 0.2) is 60.7 Å². The molecule has 0 saturated carbocycles. The molecule has 0 spiro atoms. The summed E-state index contributed by atoms with van der Waals surface area (Å²) < 4.78 is 10.7. The summed E-state index contributed by atoms with van der Waals surface area (Å²) in [5, 5.41) is 8.19. The number of aldehydes is 1. The summed E-state index contributed by atoms with van der Waals surface area (Å²) in [5.41, 5.74) is 0.0646. The average molecular weight is 666 g/mol. The summed E-state index contributed by atoms with van der Waals surface area (Å²) in [7, 11) is 0. The zero-order valence-corrected chi connectivity index (χ0v) is 29.3. The van der Waals surface area contributed by atoms with Crippen molar-refractivity contribution in [3.05, 3.63) is 71.8 Å². The molecule has 48 heavy (non-hydrogen) atoms. The van der Waals surface area contributed by atoms with Crippen molar-refractivity contribution in [1.29, 1.82) is 0 Å². The zero-order chi connectivity index (χ0) is 36.1. The molecule has 0 aromatic heterocycles. The maximum atomic E-state index is 13.9. The van der Waals surface area contributed by atoms with E-state index in [4.69, 9.17) is 9.47 Å². The summed E-state index contributed by atoms with van der Waals surface area (Å²) >= 11 is 0. The Morgan fingerprint density at radius 1 is 0.688 bits per heavy atom. The van der Waals surface area contributed by atoms with Crippen molar-refractivity contribution >= 4 is 35.9 Å². The molecule has 0 aliphatic carbocycles. The minimum absolute atomic E-state index is 0.0900. The first-order chi connectivity index (χ1) is 22.4. The normalized spacial score (nSPS) is 13.5. The first kappa shape index (κ1) is 39.6. The maximum Gasteiger partial charge on any atom is 0.308 e. The van der Waals surface area contributed by atoms with Crippen molar-refractivity contribution in [2.45, 2.75) is 110 Å². The van der Waals surface area contributed by atoms with Crippen LogP contribution in [-0.2, 0) is 38.2 Å². The highest BCUT2D eigenvalue weighted by atomic mass is 16.6. The van der Waals surface area contributed by atoms with Crippen LogP contribution in [0.4, 0.5) is 0 Å². The van der Waals surface area contributed by atoms with E-state index in [0.29, 0.717) is 6.29 Å². The molecule has 0 heterocycles. The molecule has 3 unspecified atom stereocenters. The molecule has 0 aliphatic heterocycles. The molecule has 0 saturated heterocycles. The quantitative estimate of drug-likeness (QED) is 0.134. The van der Waals surface area contributed by atoms with Gasteiger partial charge in [-0.05, 0) is 71.4 Å². The number of hydrogen-bond donors (Lipinski definition) is 3. The minimum Gasteiger partial charge on any atom is -0.460 e. The molecule has 3 amide bonds. The van der Waals surface area contributed by atoms with Gasteiger partial charge >= 0.3 is 11.9 Å². The van der Waals surface area contributed by atoms with Gasteiger partial charge in [-0.15, -0.1) is 0 Å². The first-order valence-corrected chi connectivity index (χ1v) is 16.3. The van der Waals surface area contributed by atoms with E-state index in [1.807, 2.05) is 74.5 Å². The van der Waals surface area contributed by atoms with Crippen LogP contribution in [0.2, 0.25) is 0 Å². The highest BCUT2D eigenvalue weighted by Gasteiger charge is 2.34. The van der Waals surface area contributed by atoms with Gasteiger partial charge in [-0.25, -0.2) is 0 Å². The molecule has 3 N–H and O–H groups in total. The Labute approximate surface area is 283 Å². The SMILES string of the molecule is CC(C)CC(C(=O)NC(C=O)CC(=O)OC(C)(C)C)C(=O)NC(CCC(=O)OC(C)(C)C)C(=O)NC(c1ccccc1)c1ccccc1. The van der Waals surface area contributed by atoms with Crippen LogP contribution in [0.3, 0.4) is 0 Å². The van der Waals surface area contributed by atoms with Gasteiger partial charge in [0, 0.05) is 6.42 Å². The van der Waals surface area contributed by atoms with Crippen molar-refractivity contribution < 1.29 is 38.2 Å².